The summed E-state index contributed by atoms with van der Waals surface area (Å²) in [5.74, 6) is 1.05. The second-order valence-electron chi connectivity index (χ2n) is 6.82. The predicted octanol–water partition coefficient (Wildman–Crippen LogP) is 1.32. The molecule has 1 fully saturated rings. The van der Waals surface area contributed by atoms with Crippen LogP contribution in [0.5, 0.6) is 0 Å². The lowest BCUT2D eigenvalue weighted by molar-refractivity contribution is 0.597. The summed E-state index contributed by atoms with van der Waals surface area (Å²) in [5.41, 5.74) is 3.78. The quantitative estimate of drug-likeness (QED) is 0.729. The molecular weight excluding hydrogens is 364 g/mol. The maximum atomic E-state index is 11.4. The fourth-order valence-electron chi connectivity index (χ4n) is 3.46. The van der Waals surface area contributed by atoms with E-state index >= 15 is 0 Å². The van der Waals surface area contributed by atoms with Gasteiger partial charge in [0.25, 0.3) is 0 Å². The van der Waals surface area contributed by atoms with Gasteiger partial charge in [-0.25, -0.2) is 18.5 Å². The Morgan fingerprint density at radius 1 is 0.926 bits per heavy atom. The minimum atomic E-state index is -3.66. The van der Waals surface area contributed by atoms with Gasteiger partial charge in [0.05, 0.1) is 10.6 Å². The average molecular weight is 386 g/mol. The zero-order valence-electron chi connectivity index (χ0n) is 15.3. The monoisotopic (exact) mass is 386 g/mol. The number of fused-ring (bicyclic) bond motifs is 1. The maximum Gasteiger partial charge on any atom is 0.238 e. The number of hydrogen-bond donors (Lipinski definition) is 1. The topological polar surface area (TPSA) is 96.8 Å². The minimum absolute atomic E-state index is 0.133. The van der Waals surface area contributed by atoms with E-state index in [9.17, 15) is 8.42 Å². The molecule has 1 aliphatic rings. The molecule has 0 bridgehead atoms. The fraction of sp³-hybridized carbons (Fsp3) is 0.333. The molecule has 1 aliphatic heterocycles. The van der Waals surface area contributed by atoms with Crippen LogP contribution < -0.4 is 14.9 Å². The maximum absolute atomic E-state index is 11.4. The van der Waals surface area contributed by atoms with Crippen molar-refractivity contribution >= 4 is 27.2 Å². The number of benzene rings is 1. The number of sulfonamides is 1. The van der Waals surface area contributed by atoms with Crippen molar-refractivity contribution in [1.82, 2.24) is 14.6 Å². The van der Waals surface area contributed by atoms with E-state index in [0.717, 1.165) is 54.7 Å². The van der Waals surface area contributed by atoms with Gasteiger partial charge in [0, 0.05) is 49.7 Å². The van der Waals surface area contributed by atoms with Gasteiger partial charge in [0.15, 0.2) is 5.65 Å². The first-order valence-electron chi connectivity index (χ1n) is 8.78. The van der Waals surface area contributed by atoms with E-state index in [-0.39, 0.29) is 4.90 Å². The molecule has 0 aliphatic carbocycles. The molecule has 8 nitrogen and oxygen atoms in total. The Morgan fingerprint density at radius 2 is 1.56 bits per heavy atom. The van der Waals surface area contributed by atoms with Crippen LogP contribution >= 0.6 is 0 Å². The van der Waals surface area contributed by atoms with Crippen molar-refractivity contribution in [2.45, 2.75) is 18.7 Å². The summed E-state index contributed by atoms with van der Waals surface area (Å²) in [5, 5.41) is 9.74. The molecule has 0 atom stereocenters. The summed E-state index contributed by atoms with van der Waals surface area (Å²) >= 11 is 0. The molecule has 4 rings (SSSR count). The summed E-state index contributed by atoms with van der Waals surface area (Å²) in [7, 11) is -3.66. The highest BCUT2D eigenvalue weighted by atomic mass is 32.2. The van der Waals surface area contributed by atoms with Crippen molar-refractivity contribution in [1.29, 1.82) is 0 Å². The average Bonchev–Trinajstić information content (AvgIpc) is 3.00. The third-order valence-corrected chi connectivity index (χ3v) is 5.72. The Labute approximate surface area is 158 Å². The molecular formula is C18H22N6O2S. The van der Waals surface area contributed by atoms with E-state index in [0.29, 0.717) is 0 Å². The lowest BCUT2D eigenvalue weighted by Crippen LogP contribution is -2.47. The number of primary sulfonamides is 1. The van der Waals surface area contributed by atoms with Crippen molar-refractivity contribution in [2.75, 3.05) is 36.0 Å². The van der Waals surface area contributed by atoms with Crippen LogP contribution in [0.1, 0.15) is 11.4 Å². The first kappa shape index (κ1) is 17.7. The van der Waals surface area contributed by atoms with Crippen LogP contribution in [-0.2, 0) is 10.0 Å². The third kappa shape index (κ3) is 3.47. The molecule has 27 heavy (non-hydrogen) atoms. The molecule has 0 radical (unpaired) electrons. The molecule has 0 spiro atoms. The molecule has 0 unspecified atom stereocenters. The molecule has 9 heteroatoms. The summed E-state index contributed by atoms with van der Waals surface area (Å²) in [6, 6.07) is 10.8. The predicted molar refractivity (Wildman–Crippen MR) is 105 cm³/mol. The van der Waals surface area contributed by atoms with Crippen molar-refractivity contribution in [3.05, 3.63) is 47.8 Å². The summed E-state index contributed by atoms with van der Waals surface area (Å²) in [4.78, 5) is 9.23. The number of nitrogens with zero attached hydrogens (tertiary/aromatic N) is 5. The normalized spacial score (nSPS) is 15.5. The number of rotatable bonds is 3. The fourth-order valence-corrected chi connectivity index (χ4v) is 3.98. The van der Waals surface area contributed by atoms with Gasteiger partial charge in [-0.15, -0.1) is 0 Å². The minimum Gasteiger partial charge on any atom is -0.368 e. The summed E-state index contributed by atoms with van der Waals surface area (Å²) < 4.78 is 24.7. The van der Waals surface area contributed by atoms with Crippen LogP contribution in [0.15, 0.2) is 41.3 Å². The molecule has 0 saturated carbocycles. The van der Waals surface area contributed by atoms with E-state index in [1.807, 2.05) is 24.4 Å². The van der Waals surface area contributed by atoms with Crippen LogP contribution in [-0.4, -0.2) is 49.2 Å². The second-order valence-corrected chi connectivity index (χ2v) is 8.39. The largest absolute Gasteiger partial charge is 0.368 e. The molecule has 2 N–H and O–H groups in total. The molecule has 0 amide bonds. The zero-order chi connectivity index (χ0) is 19.2. The standard InChI is InChI=1S/C18H22N6O2S/c1-13-12-18(24-17(20-13)11-14(2)21-24)23-9-7-22(8-10-23)15-3-5-16(6-4-15)27(19,25)26/h3-6,11-12H,7-10H2,1-2H3,(H2,19,25,26). The first-order valence-corrected chi connectivity index (χ1v) is 10.3. The number of aromatic nitrogens is 3. The van der Waals surface area contributed by atoms with E-state index in [4.69, 9.17) is 5.14 Å². The van der Waals surface area contributed by atoms with Gasteiger partial charge < -0.3 is 9.80 Å². The van der Waals surface area contributed by atoms with Crippen LogP contribution in [0.3, 0.4) is 0 Å². The third-order valence-electron chi connectivity index (χ3n) is 4.79. The molecule has 2 aromatic heterocycles. The Balaban J connectivity index is 1.53. The highest BCUT2D eigenvalue weighted by molar-refractivity contribution is 7.89. The number of aryl methyl sites for hydroxylation is 2. The van der Waals surface area contributed by atoms with Crippen molar-refractivity contribution in [2.24, 2.45) is 5.14 Å². The molecule has 3 aromatic rings. The van der Waals surface area contributed by atoms with E-state index in [1.165, 1.54) is 0 Å². The Morgan fingerprint density at radius 3 is 2.19 bits per heavy atom. The van der Waals surface area contributed by atoms with Crippen molar-refractivity contribution in [3.8, 4) is 0 Å². The zero-order valence-corrected chi connectivity index (χ0v) is 16.1. The molecule has 1 aromatic carbocycles. The van der Waals surface area contributed by atoms with Crippen molar-refractivity contribution in [3.63, 3.8) is 0 Å². The number of hydrogen-bond acceptors (Lipinski definition) is 6. The van der Waals surface area contributed by atoms with Gasteiger partial charge in [0.2, 0.25) is 10.0 Å². The Hall–Kier alpha value is -2.65. The van der Waals surface area contributed by atoms with Crippen LogP contribution in [0.4, 0.5) is 11.5 Å². The van der Waals surface area contributed by atoms with E-state index in [2.05, 4.69) is 25.9 Å². The van der Waals surface area contributed by atoms with Gasteiger partial charge in [-0.3, -0.25) is 0 Å². The molecule has 142 valence electrons. The summed E-state index contributed by atoms with van der Waals surface area (Å²) in [6.45, 7) is 7.31. The number of anilines is 2. The van der Waals surface area contributed by atoms with Crippen LogP contribution in [0.25, 0.3) is 5.65 Å². The number of piperazine rings is 1. The first-order chi connectivity index (χ1) is 12.8. The van der Waals surface area contributed by atoms with Gasteiger partial charge >= 0.3 is 0 Å². The molecule has 1 saturated heterocycles. The lowest BCUT2D eigenvalue weighted by Gasteiger charge is -2.37. The van der Waals surface area contributed by atoms with Gasteiger partial charge in [-0.05, 0) is 38.1 Å². The highest BCUT2D eigenvalue weighted by Crippen LogP contribution is 2.23. The molecule has 3 heterocycles. The highest BCUT2D eigenvalue weighted by Gasteiger charge is 2.21. The summed E-state index contributed by atoms with van der Waals surface area (Å²) in [6.07, 6.45) is 0. The smallest absolute Gasteiger partial charge is 0.238 e. The van der Waals surface area contributed by atoms with Crippen molar-refractivity contribution < 1.29 is 8.42 Å². The number of nitrogens with two attached hydrogens (primary N) is 1. The lowest BCUT2D eigenvalue weighted by atomic mass is 10.2. The van der Waals surface area contributed by atoms with E-state index in [1.54, 1.807) is 24.3 Å². The van der Waals surface area contributed by atoms with Gasteiger partial charge in [0.1, 0.15) is 5.82 Å². The van der Waals surface area contributed by atoms with Crippen LogP contribution in [0.2, 0.25) is 0 Å². The SMILES string of the molecule is Cc1cc(N2CCN(c3ccc(S(N)(=O)=O)cc3)CC2)n2nc(C)cc2n1. The Bertz CT molecular complexity index is 1080. The van der Waals surface area contributed by atoms with E-state index < -0.39 is 10.0 Å². The van der Waals surface area contributed by atoms with Gasteiger partial charge in [-0.2, -0.15) is 9.61 Å². The second kappa shape index (κ2) is 6.50. The van der Waals surface area contributed by atoms with Gasteiger partial charge in [-0.1, -0.05) is 0 Å². The van der Waals surface area contributed by atoms with Crippen LogP contribution in [0, 0.1) is 13.8 Å². The Kier molecular flexibility index (Phi) is 4.27.